The number of nitrogens with zero attached hydrogens (tertiary/aromatic N) is 4. The molecule has 0 saturated heterocycles. The second-order valence-corrected chi connectivity index (χ2v) is 5.99. The Morgan fingerprint density at radius 3 is 2.25 bits per heavy atom. The van der Waals surface area contributed by atoms with Crippen LogP contribution in [0.25, 0.3) is 11.2 Å². The lowest BCUT2D eigenvalue weighted by molar-refractivity contribution is 0.568. The first-order chi connectivity index (χ1) is 9.22. The molecule has 0 aliphatic heterocycles. The Labute approximate surface area is 114 Å². The van der Waals surface area contributed by atoms with E-state index in [-0.39, 0.29) is 22.9 Å². The summed E-state index contributed by atoms with van der Waals surface area (Å²) in [5.74, 6) is 0. The number of sulfonamides is 1. The molecule has 110 valence electrons. The van der Waals surface area contributed by atoms with E-state index in [2.05, 4.69) is 9.71 Å². The first kappa shape index (κ1) is 14.5. The van der Waals surface area contributed by atoms with Crippen molar-refractivity contribution in [2.24, 2.45) is 21.1 Å². The van der Waals surface area contributed by atoms with Crippen molar-refractivity contribution >= 4 is 21.2 Å². The topological polar surface area (TPSA) is 108 Å². The third-order valence-corrected chi connectivity index (χ3v) is 4.52. The number of nitrogens with one attached hydrogen (secondary N) is 1. The summed E-state index contributed by atoms with van der Waals surface area (Å²) in [4.78, 5) is 27.8. The lowest BCUT2D eigenvalue weighted by atomic mass is 10.5. The highest BCUT2D eigenvalue weighted by atomic mass is 32.2. The van der Waals surface area contributed by atoms with E-state index in [1.54, 1.807) is 6.92 Å². The molecule has 2 aromatic rings. The van der Waals surface area contributed by atoms with Gasteiger partial charge in [0.2, 0.25) is 5.16 Å². The summed E-state index contributed by atoms with van der Waals surface area (Å²) in [6.45, 7) is 1.83. The SMILES string of the molecule is CCNS(=O)(=O)c1nc2c(c(=O)n(C)c(=O)n2C)n1C. The van der Waals surface area contributed by atoms with Crippen LogP contribution in [0.1, 0.15) is 6.92 Å². The van der Waals surface area contributed by atoms with E-state index in [0.29, 0.717) is 0 Å². The first-order valence-electron chi connectivity index (χ1n) is 5.84. The number of hydrogen-bond donors (Lipinski definition) is 1. The van der Waals surface area contributed by atoms with Gasteiger partial charge < -0.3 is 4.57 Å². The van der Waals surface area contributed by atoms with Gasteiger partial charge in [0.1, 0.15) is 0 Å². The largest absolute Gasteiger partial charge is 0.332 e. The summed E-state index contributed by atoms with van der Waals surface area (Å²) >= 11 is 0. The fourth-order valence-corrected chi connectivity index (χ4v) is 3.16. The number of rotatable bonds is 3. The molecular weight excluding hydrogens is 286 g/mol. The molecule has 2 aromatic heterocycles. The average molecular weight is 301 g/mol. The molecule has 20 heavy (non-hydrogen) atoms. The zero-order valence-corrected chi connectivity index (χ0v) is 12.4. The van der Waals surface area contributed by atoms with Crippen molar-refractivity contribution in [2.75, 3.05) is 6.54 Å². The van der Waals surface area contributed by atoms with Gasteiger partial charge >= 0.3 is 5.69 Å². The van der Waals surface area contributed by atoms with Gasteiger partial charge in [-0.05, 0) is 0 Å². The van der Waals surface area contributed by atoms with Gasteiger partial charge in [-0.1, -0.05) is 6.92 Å². The van der Waals surface area contributed by atoms with Gasteiger partial charge in [-0.15, -0.1) is 0 Å². The van der Waals surface area contributed by atoms with E-state index in [9.17, 15) is 18.0 Å². The molecule has 10 heteroatoms. The van der Waals surface area contributed by atoms with Crippen molar-refractivity contribution in [3.63, 3.8) is 0 Å². The van der Waals surface area contributed by atoms with Crippen LogP contribution in [0.2, 0.25) is 0 Å². The fourth-order valence-electron chi connectivity index (χ4n) is 1.99. The van der Waals surface area contributed by atoms with Crippen LogP contribution in [0.5, 0.6) is 0 Å². The lowest BCUT2D eigenvalue weighted by Crippen LogP contribution is -2.37. The van der Waals surface area contributed by atoms with Crippen LogP contribution in [0.3, 0.4) is 0 Å². The maximum absolute atomic E-state index is 12.1. The Balaban J connectivity index is 2.99. The molecule has 2 heterocycles. The molecule has 0 bridgehead atoms. The van der Waals surface area contributed by atoms with Crippen molar-refractivity contribution in [1.29, 1.82) is 0 Å². The van der Waals surface area contributed by atoms with Crippen LogP contribution in [-0.4, -0.2) is 33.6 Å². The van der Waals surface area contributed by atoms with Crippen molar-refractivity contribution in [2.45, 2.75) is 12.1 Å². The van der Waals surface area contributed by atoms with Crippen LogP contribution in [0.4, 0.5) is 0 Å². The Hall–Kier alpha value is -1.94. The predicted octanol–water partition coefficient (Wildman–Crippen LogP) is -1.73. The molecule has 0 aliphatic carbocycles. The van der Waals surface area contributed by atoms with Crippen molar-refractivity contribution < 1.29 is 8.42 Å². The third-order valence-electron chi connectivity index (χ3n) is 3.01. The van der Waals surface area contributed by atoms with E-state index < -0.39 is 21.3 Å². The summed E-state index contributed by atoms with van der Waals surface area (Å²) < 4.78 is 29.6. The molecule has 0 fully saturated rings. The molecule has 0 aliphatic rings. The Bertz CT molecular complexity index is 902. The second kappa shape index (κ2) is 4.56. The minimum Gasteiger partial charge on any atom is -0.311 e. The van der Waals surface area contributed by atoms with Gasteiger partial charge in [0.25, 0.3) is 15.6 Å². The summed E-state index contributed by atoms with van der Waals surface area (Å²) in [7, 11) is 0.359. The number of aromatic nitrogens is 4. The van der Waals surface area contributed by atoms with Crippen LogP contribution >= 0.6 is 0 Å². The predicted molar refractivity (Wildman–Crippen MR) is 72.1 cm³/mol. The molecule has 0 atom stereocenters. The molecule has 2 rings (SSSR count). The molecular formula is C10H15N5O4S. The summed E-state index contributed by atoms with van der Waals surface area (Å²) in [5, 5.41) is -0.298. The standard InChI is InChI=1S/C10H15N5O4S/c1-5-11-20(18,19)9-12-7-6(13(9)2)8(16)15(4)10(17)14(7)3/h11H,5H2,1-4H3. The molecule has 0 aromatic carbocycles. The maximum atomic E-state index is 12.1. The van der Waals surface area contributed by atoms with E-state index >= 15 is 0 Å². The van der Waals surface area contributed by atoms with Gasteiger partial charge in [0, 0.05) is 27.7 Å². The zero-order valence-electron chi connectivity index (χ0n) is 11.5. The Morgan fingerprint density at radius 1 is 1.10 bits per heavy atom. The summed E-state index contributed by atoms with van der Waals surface area (Å²) in [6.07, 6.45) is 0. The van der Waals surface area contributed by atoms with E-state index in [0.717, 1.165) is 9.13 Å². The zero-order chi connectivity index (χ0) is 15.2. The third kappa shape index (κ3) is 1.88. The Kier molecular flexibility index (Phi) is 3.30. The van der Waals surface area contributed by atoms with E-state index in [1.807, 2.05) is 0 Å². The monoisotopic (exact) mass is 301 g/mol. The van der Waals surface area contributed by atoms with Gasteiger partial charge in [0.05, 0.1) is 0 Å². The molecule has 0 radical (unpaired) electrons. The fraction of sp³-hybridized carbons (Fsp3) is 0.500. The van der Waals surface area contributed by atoms with Crippen molar-refractivity contribution in [3.05, 3.63) is 20.8 Å². The van der Waals surface area contributed by atoms with Crippen LogP contribution in [0.15, 0.2) is 14.7 Å². The smallest absolute Gasteiger partial charge is 0.311 e. The number of fused-ring (bicyclic) bond motifs is 1. The molecule has 0 saturated carbocycles. The van der Waals surface area contributed by atoms with Gasteiger partial charge in [-0.3, -0.25) is 13.9 Å². The molecule has 9 nitrogen and oxygen atoms in total. The van der Waals surface area contributed by atoms with Gasteiger partial charge in [-0.25, -0.2) is 17.9 Å². The normalized spacial score (nSPS) is 12.2. The molecule has 0 unspecified atom stereocenters. The molecule has 0 spiro atoms. The number of imidazole rings is 1. The Morgan fingerprint density at radius 2 is 1.70 bits per heavy atom. The van der Waals surface area contributed by atoms with Gasteiger partial charge in [-0.2, -0.15) is 4.98 Å². The summed E-state index contributed by atoms with van der Waals surface area (Å²) in [6, 6.07) is 0. The van der Waals surface area contributed by atoms with Crippen LogP contribution in [-0.2, 0) is 31.2 Å². The number of aryl methyl sites for hydroxylation is 2. The van der Waals surface area contributed by atoms with Crippen LogP contribution in [0, 0.1) is 0 Å². The van der Waals surface area contributed by atoms with E-state index in [1.165, 1.54) is 25.7 Å². The molecule has 0 amide bonds. The van der Waals surface area contributed by atoms with Gasteiger partial charge in [0.15, 0.2) is 11.2 Å². The average Bonchev–Trinajstić information content (AvgIpc) is 2.72. The van der Waals surface area contributed by atoms with Crippen molar-refractivity contribution in [1.82, 2.24) is 23.4 Å². The highest BCUT2D eigenvalue weighted by molar-refractivity contribution is 7.89. The second-order valence-electron chi connectivity index (χ2n) is 4.33. The first-order valence-corrected chi connectivity index (χ1v) is 7.32. The number of hydrogen-bond acceptors (Lipinski definition) is 5. The lowest BCUT2D eigenvalue weighted by Gasteiger charge is -2.04. The minimum atomic E-state index is -3.82. The highest BCUT2D eigenvalue weighted by Crippen LogP contribution is 2.13. The minimum absolute atomic E-state index is 0.0390. The molecule has 1 N–H and O–H groups in total. The maximum Gasteiger partial charge on any atom is 0.332 e. The van der Waals surface area contributed by atoms with Crippen LogP contribution < -0.4 is 16.0 Å². The van der Waals surface area contributed by atoms with Crippen molar-refractivity contribution in [3.8, 4) is 0 Å². The van der Waals surface area contributed by atoms with E-state index in [4.69, 9.17) is 0 Å². The summed E-state index contributed by atoms with van der Waals surface area (Å²) in [5.41, 5.74) is -1.05. The quantitative estimate of drug-likeness (QED) is 0.724. The highest BCUT2D eigenvalue weighted by Gasteiger charge is 2.24.